The van der Waals surface area contributed by atoms with E-state index in [1.807, 2.05) is 24.1 Å². The Bertz CT molecular complexity index is 486. The summed E-state index contributed by atoms with van der Waals surface area (Å²) < 4.78 is 16.8. The number of benzene rings is 1. The lowest BCUT2D eigenvalue weighted by Crippen LogP contribution is -2.44. The number of halogens is 1. The molecule has 2 aliphatic rings. The molecule has 1 N–H and O–H groups in total. The van der Waals surface area contributed by atoms with Gasteiger partial charge in [0.05, 0.1) is 12.3 Å². The zero-order chi connectivity index (χ0) is 15.4. The van der Waals surface area contributed by atoms with Crippen molar-refractivity contribution in [1.29, 1.82) is 0 Å². The van der Waals surface area contributed by atoms with Crippen molar-refractivity contribution in [3.63, 3.8) is 0 Å². The summed E-state index contributed by atoms with van der Waals surface area (Å²) in [5.74, 6) is -0.265. The number of anilines is 1. The van der Waals surface area contributed by atoms with Crippen molar-refractivity contribution >= 4 is 17.6 Å². The monoisotopic (exact) mass is 324 g/mol. The summed E-state index contributed by atoms with van der Waals surface area (Å²) in [7, 11) is 0. The minimum atomic E-state index is -0.265. The smallest absolute Gasteiger partial charge is 0.151 e. The van der Waals surface area contributed by atoms with Gasteiger partial charge in [-0.05, 0) is 18.9 Å². The average Bonchev–Trinajstić information content (AvgIpc) is 2.57. The SMILES string of the molecule is OCc1cccc(N2CCN(SC3CCCCC3)CC2)c1F. The molecule has 3 nitrogen and oxygen atoms in total. The quantitative estimate of drug-likeness (QED) is 0.859. The van der Waals surface area contributed by atoms with E-state index in [2.05, 4.69) is 9.21 Å². The molecule has 1 saturated heterocycles. The highest BCUT2D eigenvalue weighted by molar-refractivity contribution is 7.97. The van der Waals surface area contributed by atoms with Crippen molar-refractivity contribution in [3.05, 3.63) is 29.6 Å². The van der Waals surface area contributed by atoms with Crippen LogP contribution >= 0.6 is 11.9 Å². The topological polar surface area (TPSA) is 26.7 Å². The second-order valence-corrected chi connectivity index (χ2v) is 7.58. The largest absolute Gasteiger partial charge is 0.392 e. The minimum absolute atomic E-state index is 0.239. The Balaban J connectivity index is 1.55. The minimum Gasteiger partial charge on any atom is -0.392 e. The van der Waals surface area contributed by atoms with Gasteiger partial charge in [0.2, 0.25) is 0 Å². The molecule has 1 aliphatic carbocycles. The third-order valence-corrected chi connectivity index (χ3v) is 6.09. The fourth-order valence-corrected chi connectivity index (χ4v) is 4.69. The van der Waals surface area contributed by atoms with E-state index in [4.69, 9.17) is 0 Å². The van der Waals surface area contributed by atoms with Crippen molar-refractivity contribution in [2.75, 3.05) is 31.1 Å². The summed E-state index contributed by atoms with van der Waals surface area (Å²) >= 11 is 2.02. The predicted octanol–water partition coefficient (Wildman–Crippen LogP) is 3.42. The number of nitrogens with zero attached hydrogens (tertiary/aromatic N) is 2. The number of hydrogen-bond acceptors (Lipinski definition) is 4. The number of piperazine rings is 1. The molecule has 0 radical (unpaired) electrons. The standard InChI is InChI=1S/C17H25FN2OS/c18-17-14(13-21)5-4-8-16(17)19-9-11-20(12-10-19)22-15-6-2-1-3-7-15/h4-5,8,15,21H,1-3,6-7,9-13H2. The van der Waals surface area contributed by atoms with E-state index in [0.717, 1.165) is 31.4 Å². The molecule has 0 amide bonds. The maximum atomic E-state index is 14.3. The van der Waals surface area contributed by atoms with Crippen LogP contribution in [-0.2, 0) is 6.61 Å². The van der Waals surface area contributed by atoms with Gasteiger partial charge in [0.25, 0.3) is 0 Å². The molecule has 0 atom stereocenters. The van der Waals surface area contributed by atoms with Crippen LogP contribution in [0.3, 0.4) is 0 Å². The van der Waals surface area contributed by atoms with Crippen molar-refractivity contribution in [2.45, 2.75) is 44.0 Å². The molecule has 0 unspecified atom stereocenters. The molecule has 1 aromatic rings. The molecule has 2 fully saturated rings. The normalized spacial score (nSPS) is 21.3. The fourth-order valence-electron chi connectivity index (χ4n) is 3.35. The molecule has 1 heterocycles. The Kier molecular flexibility index (Phi) is 5.61. The maximum absolute atomic E-state index is 14.3. The number of hydrogen-bond donors (Lipinski definition) is 1. The van der Waals surface area contributed by atoms with Crippen LogP contribution in [0, 0.1) is 5.82 Å². The van der Waals surface area contributed by atoms with Crippen molar-refractivity contribution in [1.82, 2.24) is 4.31 Å². The van der Waals surface area contributed by atoms with Gasteiger partial charge in [-0.25, -0.2) is 8.70 Å². The second kappa shape index (κ2) is 7.66. The molecule has 0 spiro atoms. The van der Waals surface area contributed by atoms with Crippen LogP contribution in [-0.4, -0.2) is 40.8 Å². The van der Waals surface area contributed by atoms with Gasteiger partial charge in [0, 0.05) is 37.0 Å². The van der Waals surface area contributed by atoms with Gasteiger partial charge in [-0.2, -0.15) is 0 Å². The molecule has 5 heteroatoms. The van der Waals surface area contributed by atoms with Crippen LogP contribution < -0.4 is 4.90 Å². The number of rotatable bonds is 4. The summed E-state index contributed by atoms with van der Waals surface area (Å²) in [5, 5.41) is 9.98. The molecular weight excluding hydrogens is 299 g/mol. The molecule has 1 saturated carbocycles. The highest BCUT2D eigenvalue weighted by atomic mass is 32.2. The van der Waals surface area contributed by atoms with Crippen LogP contribution in [0.15, 0.2) is 18.2 Å². The third kappa shape index (κ3) is 3.76. The Hall–Kier alpha value is -0.780. The number of aliphatic hydroxyl groups is 1. The van der Waals surface area contributed by atoms with E-state index in [1.165, 1.54) is 32.1 Å². The van der Waals surface area contributed by atoms with Crippen LogP contribution in [0.5, 0.6) is 0 Å². The first-order valence-corrected chi connectivity index (χ1v) is 9.16. The Morgan fingerprint density at radius 1 is 1.09 bits per heavy atom. The molecule has 3 rings (SSSR count). The molecule has 1 aromatic carbocycles. The van der Waals surface area contributed by atoms with Crippen LogP contribution in [0.1, 0.15) is 37.7 Å². The van der Waals surface area contributed by atoms with Gasteiger partial charge in [-0.15, -0.1) is 0 Å². The van der Waals surface area contributed by atoms with E-state index >= 15 is 0 Å². The van der Waals surface area contributed by atoms with E-state index < -0.39 is 0 Å². The van der Waals surface area contributed by atoms with Crippen molar-refractivity contribution < 1.29 is 9.50 Å². The van der Waals surface area contributed by atoms with Crippen molar-refractivity contribution in [2.24, 2.45) is 0 Å². The van der Waals surface area contributed by atoms with Gasteiger partial charge in [-0.3, -0.25) is 0 Å². The first-order chi connectivity index (χ1) is 10.8. The summed E-state index contributed by atoms with van der Waals surface area (Å²) in [6.07, 6.45) is 6.83. The predicted molar refractivity (Wildman–Crippen MR) is 90.6 cm³/mol. The Labute approximate surface area is 136 Å². The molecule has 1 aliphatic heterocycles. The lowest BCUT2D eigenvalue weighted by atomic mass is 10.0. The lowest BCUT2D eigenvalue weighted by Gasteiger charge is -2.37. The maximum Gasteiger partial charge on any atom is 0.151 e. The highest BCUT2D eigenvalue weighted by Crippen LogP contribution is 2.32. The van der Waals surface area contributed by atoms with E-state index in [-0.39, 0.29) is 12.4 Å². The lowest BCUT2D eigenvalue weighted by molar-refractivity contribution is 0.275. The average molecular weight is 324 g/mol. The van der Waals surface area contributed by atoms with Crippen LogP contribution in [0.25, 0.3) is 0 Å². The zero-order valence-corrected chi connectivity index (χ0v) is 13.8. The van der Waals surface area contributed by atoms with Gasteiger partial charge >= 0.3 is 0 Å². The fraction of sp³-hybridized carbons (Fsp3) is 0.647. The molecule has 22 heavy (non-hydrogen) atoms. The van der Waals surface area contributed by atoms with Crippen LogP contribution in [0.4, 0.5) is 10.1 Å². The molecule has 122 valence electrons. The van der Waals surface area contributed by atoms with Gasteiger partial charge in [0.1, 0.15) is 0 Å². The first-order valence-electron chi connectivity index (χ1n) is 8.33. The molecule has 0 bridgehead atoms. The zero-order valence-electron chi connectivity index (χ0n) is 13.0. The first kappa shape index (κ1) is 16.1. The van der Waals surface area contributed by atoms with Gasteiger partial charge < -0.3 is 10.0 Å². The van der Waals surface area contributed by atoms with Gasteiger partial charge in [0.15, 0.2) is 5.82 Å². The number of aliphatic hydroxyl groups excluding tert-OH is 1. The Morgan fingerprint density at radius 3 is 2.50 bits per heavy atom. The third-order valence-electron chi connectivity index (χ3n) is 4.66. The van der Waals surface area contributed by atoms with E-state index in [9.17, 15) is 9.50 Å². The van der Waals surface area contributed by atoms with Gasteiger partial charge in [-0.1, -0.05) is 43.3 Å². The summed E-state index contributed by atoms with van der Waals surface area (Å²) in [6.45, 7) is 3.42. The van der Waals surface area contributed by atoms with E-state index in [0.29, 0.717) is 11.3 Å². The second-order valence-electron chi connectivity index (χ2n) is 6.19. The summed E-state index contributed by atoms with van der Waals surface area (Å²) in [6, 6.07) is 5.29. The molecular formula is C17H25FN2OS. The highest BCUT2D eigenvalue weighted by Gasteiger charge is 2.24. The van der Waals surface area contributed by atoms with E-state index in [1.54, 1.807) is 6.07 Å². The van der Waals surface area contributed by atoms with Crippen LogP contribution in [0.2, 0.25) is 0 Å². The Morgan fingerprint density at radius 2 is 1.82 bits per heavy atom. The summed E-state index contributed by atoms with van der Waals surface area (Å²) in [4.78, 5) is 2.10. The summed E-state index contributed by atoms with van der Waals surface area (Å²) in [5.41, 5.74) is 1.02. The molecule has 0 aromatic heterocycles. The van der Waals surface area contributed by atoms with Crippen molar-refractivity contribution in [3.8, 4) is 0 Å².